The summed E-state index contributed by atoms with van der Waals surface area (Å²) in [4.78, 5) is 38.2. The predicted molar refractivity (Wildman–Crippen MR) is 113 cm³/mol. The summed E-state index contributed by atoms with van der Waals surface area (Å²) >= 11 is 6.33. The van der Waals surface area contributed by atoms with E-state index in [9.17, 15) is 14.4 Å². The molecule has 150 valence electrons. The van der Waals surface area contributed by atoms with Crippen LogP contribution >= 0.6 is 11.6 Å². The maximum Gasteiger partial charge on any atom is 0.227 e. The fraction of sp³-hybridized carbons (Fsp3) is 0.318. The van der Waals surface area contributed by atoms with Gasteiger partial charge >= 0.3 is 0 Å². The molecule has 1 saturated heterocycles. The minimum atomic E-state index is -0.220. The molecule has 0 radical (unpaired) electrons. The van der Waals surface area contributed by atoms with Crippen molar-refractivity contribution in [3.8, 4) is 0 Å². The lowest BCUT2D eigenvalue weighted by Gasteiger charge is -2.24. The summed E-state index contributed by atoms with van der Waals surface area (Å²) in [5.41, 5.74) is 3.19. The van der Waals surface area contributed by atoms with Crippen LogP contribution in [0.15, 0.2) is 42.5 Å². The van der Waals surface area contributed by atoms with Gasteiger partial charge in [-0.1, -0.05) is 29.8 Å². The number of rotatable bonds is 5. The second-order valence-corrected chi connectivity index (χ2v) is 7.86. The minimum absolute atomic E-state index is 0.0424. The number of nitrogens with one attached hydrogen (secondary N) is 2. The highest BCUT2D eigenvalue weighted by Crippen LogP contribution is 2.32. The van der Waals surface area contributed by atoms with Crippen molar-refractivity contribution in [2.24, 2.45) is 5.92 Å². The zero-order valence-electron chi connectivity index (χ0n) is 15.9. The fourth-order valence-corrected chi connectivity index (χ4v) is 4.16. The van der Waals surface area contributed by atoms with Crippen LogP contribution in [0.25, 0.3) is 0 Å². The van der Waals surface area contributed by atoms with Crippen molar-refractivity contribution in [3.05, 3.63) is 53.1 Å². The molecule has 29 heavy (non-hydrogen) atoms. The van der Waals surface area contributed by atoms with Gasteiger partial charge in [0.15, 0.2) is 0 Å². The number of amides is 3. The van der Waals surface area contributed by atoms with E-state index in [1.807, 2.05) is 24.3 Å². The van der Waals surface area contributed by atoms with Crippen LogP contribution in [0.1, 0.15) is 31.2 Å². The smallest absolute Gasteiger partial charge is 0.227 e. The van der Waals surface area contributed by atoms with E-state index in [0.717, 1.165) is 17.7 Å². The Morgan fingerprint density at radius 1 is 1.21 bits per heavy atom. The molecule has 2 heterocycles. The summed E-state index contributed by atoms with van der Waals surface area (Å²) in [5, 5.41) is 6.17. The second-order valence-electron chi connectivity index (χ2n) is 7.45. The van der Waals surface area contributed by atoms with E-state index in [4.69, 9.17) is 11.6 Å². The van der Waals surface area contributed by atoms with Gasteiger partial charge in [-0.05, 0) is 49.1 Å². The van der Waals surface area contributed by atoms with Crippen LogP contribution in [0.4, 0.5) is 17.1 Å². The molecule has 1 atom stereocenters. The number of hydrogen-bond acceptors (Lipinski definition) is 3. The summed E-state index contributed by atoms with van der Waals surface area (Å²) in [6, 6.07) is 12.9. The topological polar surface area (TPSA) is 78.5 Å². The van der Waals surface area contributed by atoms with Gasteiger partial charge in [0, 0.05) is 36.7 Å². The monoisotopic (exact) mass is 411 g/mol. The number of fused-ring (bicyclic) bond motifs is 1. The van der Waals surface area contributed by atoms with Gasteiger partial charge in [0.25, 0.3) is 0 Å². The number of hydrogen-bond donors (Lipinski definition) is 2. The second kappa shape index (κ2) is 8.25. The van der Waals surface area contributed by atoms with Crippen molar-refractivity contribution in [2.45, 2.75) is 32.1 Å². The highest BCUT2D eigenvalue weighted by Gasteiger charge is 2.26. The third kappa shape index (κ3) is 4.27. The third-order valence-electron chi connectivity index (χ3n) is 5.43. The third-order valence-corrected chi connectivity index (χ3v) is 5.73. The van der Waals surface area contributed by atoms with E-state index in [1.165, 1.54) is 0 Å². The SMILES string of the molecule is O=C(CC[C@@H]1Cc2ccccc2NC1=O)Nc1ccc(N2CCCC2=O)c(Cl)c1. The largest absolute Gasteiger partial charge is 0.326 e. The highest BCUT2D eigenvalue weighted by atomic mass is 35.5. The number of carbonyl (C=O) groups is 3. The van der Waals surface area contributed by atoms with E-state index in [2.05, 4.69) is 10.6 Å². The Hall–Kier alpha value is -2.86. The van der Waals surface area contributed by atoms with Crippen LogP contribution in [0.3, 0.4) is 0 Å². The molecule has 0 saturated carbocycles. The lowest BCUT2D eigenvalue weighted by molar-refractivity contribution is -0.121. The minimum Gasteiger partial charge on any atom is -0.326 e. The van der Waals surface area contributed by atoms with Crippen molar-refractivity contribution >= 4 is 46.4 Å². The summed E-state index contributed by atoms with van der Waals surface area (Å²) in [6.07, 6.45) is 2.71. The molecule has 0 aliphatic carbocycles. The maximum atomic E-state index is 12.4. The van der Waals surface area contributed by atoms with Crippen molar-refractivity contribution < 1.29 is 14.4 Å². The molecule has 2 aliphatic rings. The molecule has 0 bridgehead atoms. The number of halogens is 1. The summed E-state index contributed by atoms with van der Waals surface area (Å²) in [7, 11) is 0. The van der Waals surface area contributed by atoms with Crippen LogP contribution in [0, 0.1) is 5.92 Å². The Morgan fingerprint density at radius 3 is 2.79 bits per heavy atom. The fourth-order valence-electron chi connectivity index (χ4n) is 3.88. The first-order valence-electron chi connectivity index (χ1n) is 9.80. The lowest BCUT2D eigenvalue weighted by Crippen LogP contribution is -2.30. The number of para-hydroxylation sites is 1. The number of nitrogens with zero attached hydrogens (tertiary/aromatic N) is 1. The Labute approximate surface area is 174 Å². The van der Waals surface area contributed by atoms with Crippen molar-refractivity contribution in [1.29, 1.82) is 0 Å². The van der Waals surface area contributed by atoms with Gasteiger partial charge in [-0.3, -0.25) is 14.4 Å². The van der Waals surface area contributed by atoms with Crippen LogP contribution in [-0.4, -0.2) is 24.3 Å². The molecule has 0 spiro atoms. The summed E-state index contributed by atoms with van der Waals surface area (Å²) in [6.45, 7) is 0.664. The quantitative estimate of drug-likeness (QED) is 0.780. The molecule has 2 N–H and O–H groups in total. The van der Waals surface area contributed by atoms with Gasteiger partial charge in [0.1, 0.15) is 0 Å². The van der Waals surface area contributed by atoms with Crippen LogP contribution in [0.2, 0.25) is 5.02 Å². The van der Waals surface area contributed by atoms with E-state index < -0.39 is 0 Å². The first kappa shape index (κ1) is 19.5. The van der Waals surface area contributed by atoms with Gasteiger partial charge < -0.3 is 15.5 Å². The van der Waals surface area contributed by atoms with Crippen molar-refractivity contribution in [3.63, 3.8) is 0 Å². The molecule has 6 nitrogen and oxygen atoms in total. The molecular formula is C22H22ClN3O3. The molecule has 7 heteroatoms. The van der Waals surface area contributed by atoms with E-state index in [1.54, 1.807) is 23.1 Å². The Bertz CT molecular complexity index is 976. The van der Waals surface area contributed by atoms with Crippen molar-refractivity contribution in [1.82, 2.24) is 0 Å². The normalized spacial score (nSPS) is 18.4. The molecule has 0 aromatic heterocycles. The molecule has 0 unspecified atom stereocenters. The molecule has 1 fully saturated rings. The maximum absolute atomic E-state index is 12.4. The number of carbonyl (C=O) groups excluding carboxylic acids is 3. The van der Waals surface area contributed by atoms with Gasteiger partial charge in [-0.2, -0.15) is 0 Å². The summed E-state index contributed by atoms with van der Waals surface area (Å²) < 4.78 is 0. The van der Waals surface area contributed by atoms with Crippen LogP contribution in [0.5, 0.6) is 0 Å². The molecule has 2 aromatic rings. The number of benzene rings is 2. The molecule has 2 aromatic carbocycles. The first-order valence-corrected chi connectivity index (χ1v) is 10.2. The van der Waals surface area contributed by atoms with E-state index >= 15 is 0 Å². The van der Waals surface area contributed by atoms with Gasteiger partial charge in [0.05, 0.1) is 10.7 Å². The summed E-state index contributed by atoms with van der Waals surface area (Å²) in [5.74, 6) is -0.365. The van der Waals surface area contributed by atoms with E-state index in [-0.39, 0.29) is 30.1 Å². The van der Waals surface area contributed by atoms with E-state index in [0.29, 0.717) is 42.2 Å². The standard InChI is InChI=1S/C22H22ClN3O3/c23-17-13-16(8-9-19(17)26-11-3-6-21(26)28)24-20(27)10-7-15-12-14-4-1-2-5-18(14)25-22(15)29/h1-2,4-5,8-9,13,15H,3,6-7,10-12H2,(H,24,27)(H,25,29)/t15-/m1/s1. The van der Waals surface area contributed by atoms with Gasteiger partial charge in [0.2, 0.25) is 17.7 Å². The highest BCUT2D eigenvalue weighted by molar-refractivity contribution is 6.34. The zero-order chi connectivity index (χ0) is 20.4. The average molecular weight is 412 g/mol. The molecular weight excluding hydrogens is 390 g/mol. The number of anilines is 3. The first-order chi connectivity index (χ1) is 14.0. The van der Waals surface area contributed by atoms with Gasteiger partial charge in [-0.25, -0.2) is 0 Å². The van der Waals surface area contributed by atoms with Crippen molar-refractivity contribution in [2.75, 3.05) is 22.1 Å². The molecule has 3 amide bonds. The average Bonchev–Trinajstić information content (AvgIpc) is 3.12. The zero-order valence-corrected chi connectivity index (χ0v) is 16.7. The van der Waals surface area contributed by atoms with Gasteiger partial charge in [-0.15, -0.1) is 0 Å². The Morgan fingerprint density at radius 2 is 2.03 bits per heavy atom. The Kier molecular flexibility index (Phi) is 5.53. The van der Waals surface area contributed by atoms with Crippen LogP contribution in [-0.2, 0) is 20.8 Å². The van der Waals surface area contributed by atoms with Crippen LogP contribution < -0.4 is 15.5 Å². The molecule has 2 aliphatic heterocycles. The lowest BCUT2D eigenvalue weighted by atomic mass is 9.89. The predicted octanol–water partition coefficient (Wildman–Crippen LogP) is 4.00. The Balaban J connectivity index is 1.34. The molecule has 4 rings (SSSR count).